The second-order valence-corrected chi connectivity index (χ2v) is 16.6. The Morgan fingerprint density at radius 2 is 1.76 bits per heavy atom. The van der Waals surface area contributed by atoms with Crippen molar-refractivity contribution in [2.24, 2.45) is 0 Å². The van der Waals surface area contributed by atoms with Crippen LogP contribution in [0.5, 0.6) is 11.8 Å². The maximum absolute atomic E-state index is 17.6. The normalized spacial score (nSPS) is 23.9. The lowest BCUT2D eigenvalue weighted by Gasteiger charge is -2.42. The van der Waals surface area contributed by atoms with E-state index in [0.29, 0.717) is 71.3 Å². The van der Waals surface area contributed by atoms with Crippen LogP contribution in [-0.2, 0) is 15.9 Å². The van der Waals surface area contributed by atoms with E-state index in [0.717, 1.165) is 37.8 Å². The van der Waals surface area contributed by atoms with Crippen molar-refractivity contribution in [3.8, 4) is 22.9 Å². The van der Waals surface area contributed by atoms with E-state index in [-0.39, 0.29) is 54.5 Å². The highest BCUT2D eigenvalue weighted by molar-refractivity contribution is 6.04. The number of nitrogens with zero attached hydrogens (tertiary/aromatic N) is 5. The second-order valence-electron chi connectivity index (χ2n) is 16.6. The average molecular weight is 762 g/mol. The number of fused-ring (bicyclic) bond motifs is 5. The predicted molar refractivity (Wildman–Crippen MR) is 205 cm³/mol. The van der Waals surface area contributed by atoms with Gasteiger partial charge in [-0.05, 0) is 118 Å². The number of hydrogen-bond donors (Lipinski definition) is 0. The summed E-state index contributed by atoms with van der Waals surface area (Å²) in [4.78, 5) is 29.2. The van der Waals surface area contributed by atoms with Crippen molar-refractivity contribution in [1.29, 1.82) is 0 Å². The van der Waals surface area contributed by atoms with Gasteiger partial charge in [0.15, 0.2) is 12.6 Å². The van der Waals surface area contributed by atoms with Gasteiger partial charge in [-0.2, -0.15) is 9.97 Å². The van der Waals surface area contributed by atoms with Crippen molar-refractivity contribution < 1.29 is 36.9 Å². The molecule has 0 aliphatic carbocycles. The lowest BCUT2D eigenvalue weighted by atomic mass is 9.91. The van der Waals surface area contributed by atoms with Crippen LogP contribution in [0.3, 0.4) is 0 Å². The summed E-state index contributed by atoms with van der Waals surface area (Å²) in [5.41, 5.74) is 0.867. The molecule has 0 N–H and O–H groups in total. The molecule has 4 aliphatic heterocycles. The SMILES string of the molecule is CCc1c(F)ccc2cc(OCOC)cc(-c3cc(C)c4c(N5CC6CCC(C5)N6C(=O)OC(C)(C)C)nc(OC[C@@]56CCCN5C[C@H](F)C6)nc4c3F)c12. The van der Waals surface area contributed by atoms with Gasteiger partial charge >= 0.3 is 12.1 Å². The van der Waals surface area contributed by atoms with Crippen LogP contribution in [0.1, 0.15) is 70.9 Å². The third kappa shape index (κ3) is 6.81. The Morgan fingerprint density at radius 3 is 2.47 bits per heavy atom. The third-order valence-corrected chi connectivity index (χ3v) is 11.8. The quantitative estimate of drug-likeness (QED) is 0.157. The van der Waals surface area contributed by atoms with E-state index in [1.807, 2.05) is 39.5 Å². The summed E-state index contributed by atoms with van der Waals surface area (Å²) >= 11 is 0. The Labute approximate surface area is 319 Å². The molecule has 4 aliphatic rings. The van der Waals surface area contributed by atoms with Crippen LogP contribution in [0, 0.1) is 18.6 Å². The predicted octanol–water partition coefficient (Wildman–Crippen LogP) is 8.13. The standard InChI is InChI=1S/C42H50F3N5O5/c1-7-30-33(44)12-9-25-16-29(54-23-52-6)17-31(35(25)30)32-15-24(2)34-37(36(32)45)46-39(53-22-42-13-8-14-49(42)19-26(43)18-42)47-38(34)48-20-27-10-11-28(21-48)50(27)40(51)55-41(3,4)5/h9,12,15-17,26-28H,7-8,10-11,13-14,18-23H2,1-6H3/t26-,27?,28?,42+/m1/s1. The number of aromatic nitrogens is 2. The summed E-state index contributed by atoms with van der Waals surface area (Å²) in [6.07, 6.45) is 2.84. The van der Waals surface area contributed by atoms with E-state index in [1.165, 1.54) is 13.2 Å². The highest BCUT2D eigenvalue weighted by atomic mass is 19.1. The smallest absolute Gasteiger partial charge is 0.410 e. The van der Waals surface area contributed by atoms with Gasteiger partial charge in [-0.1, -0.05) is 13.0 Å². The summed E-state index contributed by atoms with van der Waals surface area (Å²) in [6.45, 7) is 11.6. The van der Waals surface area contributed by atoms with Gasteiger partial charge in [0.25, 0.3) is 0 Å². The maximum atomic E-state index is 17.6. The average Bonchev–Trinajstić information content (AvgIpc) is 3.76. The van der Waals surface area contributed by atoms with Gasteiger partial charge < -0.3 is 23.8 Å². The highest BCUT2D eigenvalue weighted by Gasteiger charge is 2.50. The molecule has 2 unspecified atom stereocenters. The Morgan fingerprint density at radius 1 is 1.00 bits per heavy atom. The van der Waals surface area contributed by atoms with Gasteiger partial charge in [-0.25, -0.2) is 18.0 Å². The maximum Gasteiger partial charge on any atom is 0.410 e. The Hall–Kier alpha value is -4.36. The van der Waals surface area contributed by atoms with Crippen LogP contribution in [0.15, 0.2) is 30.3 Å². The molecule has 1 aromatic heterocycles. The number of methoxy groups -OCH3 is 1. The molecule has 5 heterocycles. The van der Waals surface area contributed by atoms with Gasteiger partial charge in [-0.15, -0.1) is 0 Å². The minimum atomic E-state index is -0.937. The molecule has 3 aromatic carbocycles. The van der Waals surface area contributed by atoms with E-state index in [2.05, 4.69) is 9.80 Å². The van der Waals surface area contributed by atoms with Crippen LogP contribution in [0.25, 0.3) is 32.8 Å². The van der Waals surface area contributed by atoms with Gasteiger partial charge in [0.1, 0.15) is 41.3 Å². The molecule has 55 heavy (non-hydrogen) atoms. The molecule has 4 fully saturated rings. The number of piperazine rings is 1. The van der Waals surface area contributed by atoms with Crippen molar-refractivity contribution in [2.45, 2.75) is 103 Å². The first-order valence-electron chi connectivity index (χ1n) is 19.5. The highest BCUT2D eigenvalue weighted by Crippen LogP contribution is 2.44. The number of alkyl halides is 1. The van der Waals surface area contributed by atoms with Crippen LogP contribution in [-0.4, -0.2) is 102 Å². The number of aryl methyl sites for hydroxylation is 2. The molecule has 0 spiro atoms. The molecular weight excluding hydrogens is 711 g/mol. The fourth-order valence-corrected chi connectivity index (χ4v) is 9.51. The van der Waals surface area contributed by atoms with Crippen molar-refractivity contribution >= 4 is 33.6 Å². The number of hydrogen-bond acceptors (Lipinski definition) is 9. The van der Waals surface area contributed by atoms with Gasteiger partial charge in [0.2, 0.25) is 0 Å². The first-order valence-corrected chi connectivity index (χ1v) is 19.5. The first kappa shape index (κ1) is 37.6. The van der Waals surface area contributed by atoms with Crippen molar-refractivity contribution in [3.63, 3.8) is 0 Å². The zero-order valence-corrected chi connectivity index (χ0v) is 32.5. The molecule has 13 heteroatoms. The van der Waals surface area contributed by atoms with Crippen molar-refractivity contribution in [1.82, 2.24) is 19.8 Å². The molecule has 0 saturated carbocycles. The van der Waals surface area contributed by atoms with Crippen molar-refractivity contribution in [2.75, 3.05) is 51.6 Å². The van der Waals surface area contributed by atoms with E-state index in [9.17, 15) is 9.18 Å². The van der Waals surface area contributed by atoms with Crippen LogP contribution in [0.2, 0.25) is 0 Å². The minimum absolute atomic E-state index is 0.00531. The van der Waals surface area contributed by atoms with Gasteiger partial charge in [-0.3, -0.25) is 9.80 Å². The Balaban J connectivity index is 1.26. The molecule has 10 nitrogen and oxygen atoms in total. The minimum Gasteiger partial charge on any atom is -0.468 e. The molecule has 4 atom stereocenters. The summed E-state index contributed by atoms with van der Waals surface area (Å²) in [6, 6.07) is 8.15. The first-order chi connectivity index (χ1) is 26.3. The lowest BCUT2D eigenvalue weighted by Crippen LogP contribution is -2.57. The number of benzene rings is 3. The fraction of sp³-hybridized carbons (Fsp3) is 0.548. The lowest BCUT2D eigenvalue weighted by molar-refractivity contribution is 0.0122. The summed E-state index contributed by atoms with van der Waals surface area (Å²) in [5.74, 6) is -0.0140. The van der Waals surface area contributed by atoms with Gasteiger partial charge in [0.05, 0.1) is 17.6 Å². The largest absolute Gasteiger partial charge is 0.468 e. The number of carbonyl (C=O) groups excluding carboxylic acids is 1. The summed E-state index contributed by atoms with van der Waals surface area (Å²) in [7, 11) is 1.52. The fourth-order valence-electron chi connectivity index (χ4n) is 9.51. The zero-order valence-electron chi connectivity index (χ0n) is 32.5. The molecule has 4 saturated heterocycles. The number of anilines is 1. The Kier molecular flexibility index (Phi) is 9.76. The topological polar surface area (TPSA) is 89.5 Å². The molecule has 8 rings (SSSR count). The molecule has 4 aromatic rings. The van der Waals surface area contributed by atoms with E-state index in [1.54, 1.807) is 24.3 Å². The van der Waals surface area contributed by atoms with Crippen LogP contribution >= 0.6 is 0 Å². The van der Waals surface area contributed by atoms with E-state index < -0.39 is 23.1 Å². The number of rotatable bonds is 9. The number of carbonyl (C=O) groups is 1. The second kappa shape index (κ2) is 14.3. The molecular formula is C42H50F3N5O5. The van der Waals surface area contributed by atoms with Crippen molar-refractivity contribution in [3.05, 3.63) is 53.1 Å². The summed E-state index contributed by atoms with van der Waals surface area (Å²) in [5, 5.41) is 1.82. The molecule has 2 bridgehead atoms. The monoisotopic (exact) mass is 761 g/mol. The number of halogens is 3. The number of ether oxygens (including phenoxy) is 4. The molecule has 0 radical (unpaired) electrons. The van der Waals surface area contributed by atoms with E-state index >= 15 is 8.78 Å². The van der Waals surface area contributed by atoms with E-state index in [4.69, 9.17) is 28.9 Å². The van der Waals surface area contributed by atoms with Crippen LogP contribution in [0.4, 0.5) is 23.8 Å². The Bertz CT molecular complexity index is 2130. The van der Waals surface area contributed by atoms with Gasteiger partial charge in [0, 0.05) is 44.1 Å². The zero-order chi connectivity index (χ0) is 38.8. The molecule has 294 valence electrons. The molecule has 1 amide bonds. The number of amides is 1. The van der Waals surface area contributed by atoms with Crippen LogP contribution < -0.4 is 14.4 Å². The third-order valence-electron chi connectivity index (χ3n) is 11.8. The summed E-state index contributed by atoms with van der Waals surface area (Å²) < 4.78 is 70.8.